The zero-order valence-corrected chi connectivity index (χ0v) is 18.6. The summed E-state index contributed by atoms with van der Waals surface area (Å²) in [6.07, 6.45) is 9.53. The molecule has 162 valence electrons. The Morgan fingerprint density at radius 1 is 1.03 bits per heavy atom. The average molecular weight is 423 g/mol. The Morgan fingerprint density at radius 3 is 2.62 bits per heavy atom. The van der Waals surface area contributed by atoms with E-state index in [1.165, 1.54) is 19.3 Å². The van der Waals surface area contributed by atoms with Crippen LogP contribution < -0.4 is 5.32 Å². The fraction of sp³-hybridized carbons (Fsp3) is 0.870. The fourth-order valence-corrected chi connectivity index (χ4v) is 7.51. The zero-order valence-electron chi connectivity index (χ0n) is 17.7. The molecule has 0 amide bonds. The first kappa shape index (κ1) is 21.3. The average Bonchev–Trinajstić information content (AvgIpc) is 3.33. The summed E-state index contributed by atoms with van der Waals surface area (Å²) in [5.74, 6) is 0.440. The number of oxime groups is 1. The second kappa shape index (κ2) is 7.64. The van der Waals surface area contributed by atoms with Crippen molar-refractivity contribution in [2.75, 3.05) is 13.1 Å². The molecule has 0 spiro atoms. The largest absolute Gasteiger partial charge is 0.391 e. The lowest BCUT2D eigenvalue weighted by Gasteiger charge is -2.58. The Labute approximate surface area is 180 Å². The molecule has 4 aliphatic carbocycles. The molecule has 6 heteroatoms. The number of carbonyl (C=O) groups excluding carboxylic acids is 2. The van der Waals surface area contributed by atoms with Crippen molar-refractivity contribution in [1.29, 1.82) is 0 Å². The Balaban J connectivity index is 0.00000205. The molecule has 0 radical (unpaired) electrons. The van der Waals surface area contributed by atoms with E-state index in [-0.39, 0.29) is 52.7 Å². The van der Waals surface area contributed by atoms with E-state index >= 15 is 0 Å². The van der Waals surface area contributed by atoms with Crippen molar-refractivity contribution in [3.05, 3.63) is 0 Å². The minimum atomic E-state index is -0.190. The molecule has 1 heterocycles. The van der Waals surface area contributed by atoms with Gasteiger partial charge in [0.15, 0.2) is 0 Å². The Kier molecular flexibility index (Phi) is 5.61. The molecule has 1 N–H and O–H groups in total. The highest BCUT2D eigenvalue weighted by Gasteiger charge is 2.63. The quantitative estimate of drug-likeness (QED) is 0.540. The second-order valence-electron chi connectivity index (χ2n) is 10.7. The van der Waals surface area contributed by atoms with Crippen molar-refractivity contribution < 1.29 is 14.4 Å². The topological polar surface area (TPSA) is 67.8 Å². The smallest absolute Gasteiger partial charge is 0.202 e. The van der Waals surface area contributed by atoms with Gasteiger partial charge in [0.05, 0.1) is 5.71 Å². The number of nitrogens with one attached hydrogen (secondary N) is 1. The van der Waals surface area contributed by atoms with Gasteiger partial charge in [-0.15, -0.1) is 12.4 Å². The minimum Gasteiger partial charge on any atom is -0.391 e. The van der Waals surface area contributed by atoms with Crippen LogP contribution in [0.25, 0.3) is 0 Å². The Bertz CT molecular complexity index is 719. The van der Waals surface area contributed by atoms with Crippen LogP contribution in [0.5, 0.6) is 0 Å². The molecule has 7 atom stereocenters. The molecule has 5 nitrogen and oxygen atoms in total. The standard InChI is InChI=1S/C23H34N2O3.ClH/c1-22-8-3-4-16(22)19-17(6-9-22)23(2)10-5-14(12-18(23)20(26)21(19)27)25-28-15-7-11-24-13-15;/h15-19,24H,3-13H2,1-2H3;1H/t15-,16+,17-,18?,19+,22+,23-;/m1./s1. The number of nitrogens with zero attached hydrogens (tertiary/aromatic N) is 1. The van der Waals surface area contributed by atoms with Crippen LogP contribution in [-0.4, -0.2) is 36.5 Å². The van der Waals surface area contributed by atoms with E-state index < -0.39 is 0 Å². The van der Waals surface area contributed by atoms with Crippen LogP contribution in [0.3, 0.4) is 0 Å². The van der Waals surface area contributed by atoms with Crippen LogP contribution in [0.4, 0.5) is 0 Å². The maximum Gasteiger partial charge on any atom is 0.202 e. The molecule has 0 aromatic carbocycles. The van der Waals surface area contributed by atoms with E-state index in [1.54, 1.807) is 0 Å². The summed E-state index contributed by atoms with van der Waals surface area (Å²) in [6.45, 7) is 6.50. The van der Waals surface area contributed by atoms with E-state index in [4.69, 9.17) is 4.84 Å². The molecule has 5 fully saturated rings. The molecule has 5 aliphatic rings. The number of Topliss-reactive ketones (excluding diaryl/α,β-unsaturated/α-hetero) is 2. The van der Waals surface area contributed by atoms with Crippen molar-refractivity contribution >= 4 is 29.7 Å². The first-order chi connectivity index (χ1) is 13.4. The third-order valence-electron chi connectivity index (χ3n) is 9.29. The van der Waals surface area contributed by atoms with Gasteiger partial charge in [-0.25, -0.2) is 0 Å². The van der Waals surface area contributed by atoms with Crippen molar-refractivity contribution in [3.63, 3.8) is 0 Å². The summed E-state index contributed by atoms with van der Waals surface area (Å²) in [5.41, 5.74) is 1.22. The van der Waals surface area contributed by atoms with E-state index in [2.05, 4.69) is 24.3 Å². The molecular formula is C23H35ClN2O3. The van der Waals surface area contributed by atoms with E-state index in [0.29, 0.717) is 18.3 Å². The van der Waals surface area contributed by atoms with Gasteiger partial charge in [0, 0.05) is 24.8 Å². The first-order valence-corrected chi connectivity index (χ1v) is 11.4. The monoisotopic (exact) mass is 422 g/mol. The number of ketones is 2. The van der Waals surface area contributed by atoms with Crippen molar-refractivity contribution in [2.45, 2.75) is 77.7 Å². The number of rotatable bonds is 2. The number of fused-ring (bicyclic) bond motifs is 5. The molecule has 29 heavy (non-hydrogen) atoms. The summed E-state index contributed by atoms with van der Waals surface area (Å²) in [5, 5.41) is 7.71. The number of carbonyl (C=O) groups is 2. The summed E-state index contributed by atoms with van der Waals surface area (Å²) in [4.78, 5) is 32.3. The fourth-order valence-electron chi connectivity index (χ4n) is 7.51. The number of halogens is 1. The van der Waals surface area contributed by atoms with Crippen molar-refractivity contribution in [1.82, 2.24) is 5.32 Å². The Hall–Kier alpha value is -0.940. The summed E-state index contributed by atoms with van der Waals surface area (Å²) >= 11 is 0. The Morgan fingerprint density at radius 2 is 1.86 bits per heavy atom. The summed E-state index contributed by atoms with van der Waals surface area (Å²) in [6, 6.07) is 0. The second-order valence-corrected chi connectivity index (χ2v) is 10.7. The van der Waals surface area contributed by atoms with Crippen LogP contribution >= 0.6 is 12.4 Å². The normalized spacial score (nSPS) is 47.9. The molecule has 1 unspecified atom stereocenters. The van der Waals surface area contributed by atoms with Gasteiger partial charge in [-0.05, 0) is 74.2 Å². The highest BCUT2D eigenvalue weighted by atomic mass is 35.5. The molecule has 1 aliphatic heterocycles. The summed E-state index contributed by atoms with van der Waals surface area (Å²) in [7, 11) is 0. The zero-order chi connectivity index (χ0) is 19.5. The van der Waals surface area contributed by atoms with E-state index in [0.717, 1.165) is 50.9 Å². The van der Waals surface area contributed by atoms with Gasteiger partial charge in [0.1, 0.15) is 6.10 Å². The highest BCUT2D eigenvalue weighted by Crippen LogP contribution is 2.64. The lowest BCUT2D eigenvalue weighted by Crippen LogP contribution is -2.60. The van der Waals surface area contributed by atoms with Gasteiger partial charge < -0.3 is 10.2 Å². The molecule has 0 bridgehead atoms. The minimum absolute atomic E-state index is 0. The van der Waals surface area contributed by atoms with E-state index in [1.807, 2.05) is 0 Å². The highest BCUT2D eigenvalue weighted by molar-refractivity contribution is 6.40. The van der Waals surface area contributed by atoms with Gasteiger partial charge in [-0.3, -0.25) is 9.59 Å². The summed E-state index contributed by atoms with van der Waals surface area (Å²) < 4.78 is 0. The first-order valence-electron chi connectivity index (χ1n) is 11.4. The molecular weight excluding hydrogens is 388 g/mol. The SMILES string of the molecule is C[C@@]12CCC[C@H]1[C@@H]1C(=O)C(=O)C3CC(=NO[C@@H]4CCNC4)CC[C@]3(C)[C@@H]1CC2.Cl. The maximum atomic E-state index is 13.3. The maximum absolute atomic E-state index is 13.3. The van der Waals surface area contributed by atoms with Gasteiger partial charge in [-0.1, -0.05) is 25.4 Å². The number of hydrogen-bond acceptors (Lipinski definition) is 5. The van der Waals surface area contributed by atoms with Crippen LogP contribution in [0.1, 0.15) is 71.6 Å². The van der Waals surface area contributed by atoms with Crippen LogP contribution in [-0.2, 0) is 14.4 Å². The molecule has 5 rings (SSSR count). The van der Waals surface area contributed by atoms with Crippen LogP contribution in [0, 0.1) is 34.5 Å². The van der Waals surface area contributed by atoms with Crippen molar-refractivity contribution in [3.8, 4) is 0 Å². The van der Waals surface area contributed by atoms with Crippen LogP contribution in [0.15, 0.2) is 5.16 Å². The third kappa shape index (κ3) is 3.27. The van der Waals surface area contributed by atoms with Crippen LogP contribution in [0.2, 0.25) is 0 Å². The molecule has 0 aromatic heterocycles. The molecule has 1 saturated heterocycles. The predicted octanol–water partition coefficient (Wildman–Crippen LogP) is 3.93. The lowest BCUT2D eigenvalue weighted by atomic mass is 9.44. The van der Waals surface area contributed by atoms with Crippen molar-refractivity contribution in [2.24, 2.45) is 39.7 Å². The number of hydrogen-bond donors (Lipinski definition) is 1. The molecule has 4 saturated carbocycles. The third-order valence-corrected chi connectivity index (χ3v) is 9.29. The van der Waals surface area contributed by atoms with Gasteiger partial charge in [0.25, 0.3) is 0 Å². The predicted molar refractivity (Wildman–Crippen MR) is 114 cm³/mol. The van der Waals surface area contributed by atoms with Gasteiger partial charge >= 0.3 is 0 Å². The molecule has 0 aromatic rings. The van der Waals surface area contributed by atoms with Gasteiger partial charge in [-0.2, -0.15) is 0 Å². The van der Waals surface area contributed by atoms with E-state index in [9.17, 15) is 9.59 Å². The lowest BCUT2D eigenvalue weighted by molar-refractivity contribution is -0.164. The van der Waals surface area contributed by atoms with Gasteiger partial charge in [0.2, 0.25) is 11.6 Å².